The van der Waals surface area contributed by atoms with E-state index in [1.807, 2.05) is 4.90 Å². The Labute approximate surface area is 133 Å². The molecule has 124 valence electrons. The van der Waals surface area contributed by atoms with Crippen molar-refractivity contribution in [3.05, 3.63) is 0 Å². The third kappa shape index (κ3) is 3.14. The second-order valence-electron chi connectivity index (χ2n) is 7.17. The van der Waals surface area contributed by atoms with Gasteiger partial charge in [0, 0.05) is 38.8 Å². The Hall–Kier alpha value is -1.10. The Morgan fingerprint density at radius 2 is 1.64 bits per heavy atom. The Kier molecular flexibility index (Phi) is 4.71. The zero-order valence-corrected chi connectivity index (χ0v) is 14.0. The number of likely N-dealkylation sites (tertiary alicyclic amines) is 1. The van der Waals surface area contributed by atoms with Gasteiger partial charge >= 0.3 is 0 Å². The van der Waals surface area contributed by atoms with Gasteiger partial charge in [-0.25, -0.2) is 0 Å². The summed E-state index contributed by atoms with van der Waals surface area (Å²) in [5.74, 6) is 0.408. The van der Waals surface area contributed by atoms with Crippen molar-refractivity contribution in [1.29, 1.82) is 0 Å². The molecule has 3 aliphatic rings. The summed E-state index contributed by atoms with van der Waals surface area (Å²) in [6.07, 6.45) is 5.29. The molecule has 0 aromatic carbocycles. The number of amides is 2. The summed E-state index contributed by atoms with van der Waals surface area (Å²) >= 11 is 0. The van der Waals surface area contributed by atoms with Crippen LogP contribution in [0.15, 0.2) is 0 Å². The highest BCUT2D eigenvalue weighted by molar-refractivity contribution is 5.92. The Balaban J connectivity index is 1.54. The van der Waals surface area contributed by atoms with Gasteiger partial charge in [-0.2, -0.15) is 0 Å². The molecule has 0 bridgehead atoms. The number of carbonyl (C=O) groups excluding carboxylic acids is 2. The SMILES string of the molecule is CCC1CCCCN1C(=O)C1CC1C(=O)N1CCN(C)CC1. The lowest BCUT2D eigenvalue weighted by Gasteiger charge is -2.36. The highest BCUT2D eigenvalue weighted by Crippen LogP contribution is 2.42. The third-order valence-electron chi connectivity index (χ3n) is 5.62. The van der Waals surface area contributed by atoms with Crippen LogP contribution in [0.2, 0.25) is 0 Å². The van der Waals surface area contributed by atoms with E-state index in [0.717, 1.165) is 58.4 Å². The first-order valence-corrected chi connectivity index (χ1v) is 8.89. The normalized spacial score (nSPS) is 32.9. The van der Waals surface area contributed by atoms with Crippen LogP contribution in [0.25, 0.3) is 0 Å². The average Bonchev–Trinajstić information content (AvgIpc) is 3.35. The van der Waals surface area contributed by atoms with Gasteiger partial charge in [0.05, 0.1) is 11.8 Å². The van der Waals surface area contributed by atoms with E-state index in [1.165, 1.54) is 6.42 Å². The first-order valence-electron chi connectivity index (χ1n) is 8.89. The molecule has 2 heterocycles. The fraction of sp³-hybridized carbons (Fsp3) is 0.882. The second kappa shape index (κ2) is 6.57. The Morgan fingerprint density at radius 3 is 2.32 bits per heavy atom. The van der Waals surface area contributed by atoms with Crippen LogP contribution in [0, 0.1) is 11.8 Å². The van der Waals surface area contributed by atoms with E-state index in [-0.39, 0.29) is 23.7 Å². The number of likely N-dealkylation sites (N-methyl/N-ethyl adjacent to an activating group) is 1. The molecule has 0 N–H and O–H groups in total. The fourth-order valence-electron chi connectivity index (χ4n) is 3.93. The maximum Gasteiger partial charge on any atom is 0.226 e. The van der Waals surface area contributed by atoms with E-state index < -0.39 is 0 Å². The number of piperidine rings is 1. The van der Waals surface area contributed by atoms with E-state index in [9.17, 15) is 9.59 Å². The van der Waals surface area contributed by atoms with Crippen molar-refractivity contribution in [2.75, 3.05) is 39.8 Å². The zero-order chi connectivity index (χ0) is 15.7. The van der Waals surface area contributed by atoms with Crippen molar-refractivity contribution in [1.82, 2.24) is 14.7 Å². The van der Waals surface area contributed by atoms with Crippen molar-refractivity contribution >= 4 is 11.8 Å². The maximum atomic E-state index is 12.7. The van der Waals surface area contributed by atoms with Crippen LogP contribution in [0.5, 0.6) is 0 Å². The van der Waals surface area contributed by atoms with Crippen molar-refractivity contribution < 1.29 is 9.59 Å². The molecule has 1 saturated carbocycles. The molecule has 3 unspecified atom stereocenters. The van der Waals surface area contributed by atoms with Crippen molar-refractivity contribution in [3.63, 3.8) is 0 Å². The second-order valence-corrected chi connectivity index (χ2v) is 7.17. The van der Waals surface area contributed by atoms with E-state index in [4.69, 9.17) is 0 Å². The zero-order valence-electron chi connectivity index (χ0n) is 14.0. The molecule has 5 heteroatoms. The third-order valence-corrected chi connectivity index (χ3v) is 5.62. The predicted octanol–water partition coefficient (Wildman–Crippen LogP) is 1.19. The highest BCUT2D eigenvalue weighted by atomic mass is 16.2. The van der Waals surface area contributed by atoms with Gasteiger partial charge in [0.25, 0.3) is 0 Å². The first-order chi connectivity index (χ1) is 10.6. The Morgan fingerprint density at radius 1 is 0.955 bits per heavy atom. The van der Waals surface area contributed by atoms with E-state index in [1.54, 1.807) is 0 Å². The molecule has 0 radical (unpaired) electrons. The number of piperazine rings is 1. The van der Waals surface area contributed by atoms with E-state index >= 15 is 0 Å². The summed E-state index contributed by atoms with van der Waals surface area (Å²) in [5, 5.41) is 0. The molecule has 1 aliphatic carbocycles. The minimum absolute atomic E-state index is 0.0284. The molecule has 3 atom stereocenters. The van der Waals surface area contributed by atoms with Gasteiger partial charge in [-0.05, 0) is 39.2 Å². The molecule has 0 aromatic rings. The van der Waals surface area contributed by atoms with Crippen LogP contribution in [0.4, 0.5) is 0 Å². The molecule has 2 saturated heterocycles. The summed E-state index contributed by atoms with van der Waals surface area (Å²) < 4.78 is 0. The topological polar surface area (TPSA) is 43.9 Å². The van der Waals surface area contributed by atoms with Gasteiger partial charge in [0.15, 0.2) is 0 Å². The van der Waals surface area contributed by atoms with Gasteiger partial charge in [-0.3, -0.25) is 9.59 Å². The van der Waals surface area contributed by atoms with Gasteiger partial charge in [0.2, 0.25) is 11.8 Å². The van der Waals surface area contributed by atoms with Crippen LogP contribution in [0.1, 0.15) is 39.0 Å². The van der Waals surface area contributed by atoms with Crippen LogP contribution < -0.4 is 0 Å². The average molecular weight is 307 g/mol. The van der Waals surface area contributed by atoms with Gasteiger partial charge in [-0.15, -0.1) is 0 Å². The first kappa shape index (κ1) is 15.8. The molecule has 2 aliphatic heterocycles. The van der Waals surface area contributed by atoms with Gasteiger partial charge in [-0.1, -0.05) is 6.92 Å². The lowest BCUT2D eigenvalue weighted by molar-refractivity contribution is -0.140. The molecule has 2 amide bonds. The summed E-state index contributed by atoms with van der Waals surface area (Å²) in [4.78, 5) is 31.6. The predicted molar refractivity (Wildman–Crippen MR) is 85.3 cm³/mol. The van der Waals surface area contributed by atoms with Gasteiger partial charge < -0.3 is 14.7 Å². The molecule has 0 spiro atoms. The molecule has 3 rings (SSSR count). The largest absolute Gasteiger partial charge is 0.340 e. The van der Waals surface area contributed by atoms with Crippen LogP contribution in [-0.2, 0) is 9.59 Å². The molecule has 0 aromatic heterocycles. The monoisotopic (exact) mass is 307 g/mol. The standard InChI is InChI=1S/C17H29N3O2/c1-3-13-6-4-5-7-20(13)17(22)15-12-14(15)16(21)19-10-8-18(2)9-11-19/h13-15H,3-12H2,1-2H3. The lowest BCUT2D eigenvalue weighted by atomic mass is 9.99. The number of rotatable bonds is 3. The molecule has 5 nitrogen and oxygen atoms in total. The van der Waals surface area contributed by atoms with Crippen molar-refractivity contribution in [2.45, 2.75) is 45.1 Å². The quantitative estimate of drug-likeness (QED) is 0.786. The van der Waals surface area contributed by atoms with Crippen LogP contribution in [-0.4, -0.2) is 72.3 Å². The number of hydrogen-bond donors (Lipinski definition) is 0. The van der Waals surface area contributed by atoms with E-state index in [0.29, 0.717) is 6.04 Å². The maximum absolute atomic E-state index is 12.7. The molecule has 3 fully saturated rings. The summed E-state index contributed by atoms with van der Waals surface area (Å²) in [6, 6.07) is 0.404. The smallest absolute Gasteiger partial charge is 0.226 e. The summed E-state index contributed by atoms with van der Waals surface area (Å²) in [6.45, 7) is 6.57. The van der Waals surface area contributed by atoms with Crippen LogP contribution in [0.3, 0.4) is 0 Å². The summed E-state index contributed by atoms with van der Waals surface area (Å²) in [7, 11) is 2.09. The minimum Gasteiger partial charge on any atom is -0.340 e. The van der Waals surface area contributed by atoms with Crippen LogP contribution >= 0.6 is 0 Å². The lowest BCUT2D eigenvalue weighted by Crippen LogP contribution is -2.48. The van der Waals surface area contributed by atoms with Gasteiger partial charge in [0.1, 0.15) is 0 Å². The fourth-order valence-corrected chi connectivity index (χ4v) is 3.93. The minimum atomic E-state index is -0.0321. The molecular weight excluding hydrogens is 278 g/mol. The molecule has 22 heavy (non-hydrogen) atoms. The summed E-state index contributed by atoms with van der Waals surface area (Å²) in [5.41, 5.74) is 0. The van der Waals surface area contributed by atoms with Crippen molar-refractivity contribution in [2.24, 2.45) is 11.8 Å². The molecular formula is C17H29N3O2. The van der Waals surface area contributed by atoms with Crippen molar-refractivity contribution in [3.8, 4) is 0 Å². The van der Waals surface area contributed by atoms with E-state index in [2.05, 4.69) is 23.8 Å². The Bertz CT molecular complexity index is 432. The number of carbonyl (C=O) groups is 2. The number of nitrogens with zero attached hydrogens (tertiary/aromatic N) is 3. The highest BCUT2D eigenvalue weighted by Gasteiger charge is 2.51. The number of hydrogen-bond acceptors (Lipinski definition) is 3.